The molecule has 0 radical (unpaired) electrons. The standard InChI is InChI=1S/C18H35N3/c1-2-10-19-15-18(8-4-3-5-9-18)16-20-12-13-21-11-6-7-17(21)14-20/h17,19H,2-16H2,1H3. The Kier molecular flexibility index (Phi) is 5.58. The molecule has 2 saturated heterocycles. The molecule has 1 N–H and O–H groups in total. The molecule has 21 heavy (non-hydrogen) atoms. The van der Waals surface area contributed by atoms with Gasteiger partial charge in [-0.15, -0.1) is 0 Å². The summed E-state index contributed by atoms with van der Waals surface area (Å²) in [7, 11) is 0. The Hall–Kier alpha value is -0.120. The van der Waals surface area contributed by atoms with E-state index in [1.165, 1.54) is 97.2 Å². The number of nitrogens with zero attached hydrogens (tertiary/aromatic N) is 2. The molecule has 2 aliphatic heterocycles. The van der Waals surface area contributed by atoms with Crippen LogP contribution in [-0.4, -0.2) is 61.7 Å². The quantitative estimate of drug-likeness (QED) is 0.760. The lowest BCUT2D eigenvalue weighted by Gasteiger charge is -2.45. The van der Waals surface area contributed by atoms with Crippen LogP contribution in [0.4, 0.5) is 0 Å². The van der Waals surface area contributed by atoms with Crippen molar-refractivity contribution < 1.29 is 0 Å². The van der Waals surface area contributed by atoms with Gasteiger partial charge in [0.05, 0.1) is 0 Å². The van der Waals surface area contributed by atoms with Gasteiger partial charge in [-0.3, -0.25) is 9.80 Å². The zero-order chi connectivity index (χ0) is 14.5. The van der Waals surface area contributed by atoms with E-state index in [-0.39, 0.29) is 0 Å². The van der Waals surface area contributed by atoms with E-state index >= 15 is 0 Å². The lowest BCUT2D eigenvalue weighted by molar-refractivity contribution is 0.0466. The molecule has 2 heterocycles. The highest BCUT2D eigenvalue weighted by Gasteiger charge is 2.37. The van der Waals surface area contributed by atoms with E-state index in [2.05, 4.69) is 22.0 Å². The van der Waals surface area contributed by atoms with Gasteiger partial charge >= 0.3 is 0 Å². The predicted molar refractivity (Wildman–Crippen MR) is 89.7 cm³/mol. The summed E-state index contributed by atoms with van der Waals surface area (Å²) < 4.78 is 0. The van der Waals surface area contributed by atoms with Gasteiger partial charge in [0.15, 0.2) is 0 Å². The van der Waals surface area contributed by atoms with Crippen molar-refractivity contribution in [1.82, 2.24) is 15.1 Å². The Bertz CT molecular complexity index is 312. The summed E-state index contributed by atoms with van der Waals surface area (Å²) in [4.78, 5) is 5.55. The second-order valence-corrected chi connectivity index (χ2v) is 7.80. The van der Waals surface area contributed by atoms with Gasteiger partial charge in [0.1, 0.15) is 0 Å². The van der Waals surface area contributed by atoms with Crippen molar-refractivity contribution in [3.05, 3.63) is 0 Å². The maximum absolute atomic E-state index is 3.74. The summed E-state index contributed by atoms with van der Waals surface area (Å²) in [5, 5.41) is 3.74. The van der Waals surface area contributed by atoms with Gasteiger partial charge in [-0.1, -0.05) is 26.2 Å². The minimum Gasteiger partial charge on any atom is -0.316 e. The van der Waals surface area contributed by atoms with Gasteiger partial charge in [-0.05, 0) is 50.6 Å². The first-order chi connectivity index (χ1) is 10.3. The second kappa shape index (κ2) is 7.43. The van der Waals surface area contributed by atoms with Crippen LogP contribution in [0.3, 0.4) is 0 Å². The second-order valence-electron chi connectivity index (χ2n) is 7.80. The van der Waals surface area contributed by atoms with E-state index in [1.807, 2.05) is 0 Å². The van der Waals surface area contributed by atoms with Crippen LogP contribution < -0.4 is 5.32 Å². The summed E-state index contributed by atoms with van der Waals surface area (Å²) in [6.07, 6.45) is 11.4. The molecule has 1 unspecified atom stereocenters. The molecule has 1 aliphatic carbocycles. The van der Waals surface area contributed by atoms with Crippen LogP contribution in [0.25, 0.3) is 0 Å². The van der Waals surface area contributed by atoms with Crippen molar-refractivity contribution in [3.63, 3.8) is 0 Å². The van der Waals surface area contributed by atoms with Crippen LogP contribution in [-0.2, 0) is 0 Å². The van der Waals surface area contributed by atoms with Gasteiger partial charge in [-0.2, -0.15) is 0 Å². The molecule has 3 rings (SSSR count). The Morgan fingerprint density at radius 2 is 1.90 bits per heavy atom. The van der Waals surface area contributed by atoms with Crippen molar-refractivity contribution in [2.45, 2.75) is 64.3 Å². The summed E-state index contributed by atoms with van der Waals surface area (Å²) in [5.41, 5.74) is 0.578. The van der Waals surface area contributed by atoms with Crippen LogP contribution in [0, 0.1) is 5.41 Å². The summed E-state index contributed by atoms with van der Waals surface area (Å²) in [6.45, 7) is 11.4. The third-order valence-electron chi connectivity index (χ3n) is 6.07. The molecular formula is C18H35N3. The van der Waals surface area contributed by atoms with E-state index in [9.17, 15) is 0 Å². The molecule has 122 valence electrons. The number of piperazine rings is 1. The molecule has 3 aliphatic rings. The molecular weight excluding hydrogens is 258 g/mol. The minimum atomic E-state index is 0.578. The fourth-order valence-corrected chi connectivity index (χ4v) is 4.90. The molecule has 0 spiro atoms. The Morgan fingerprint density at radius 3 is 2.71 bits per heavy atom. The molecule has 3 fully saturated rings. The van der Waals surface area contributed by atoms with E-state index in [4.69, 9.17) is 0 Å². The van der Waals surface area contributed by atoms with Gasteiger partial charge < -0.3 is 5.32 Å². The third kappa shape index (κ3) is 4.00. The Balaban J connectivity index is 1.55. The lowest BCUT2D eigenvalue weighted by atomic mass is 9.73. The lowest BCUT2D eigenvalue weighted by Crippen LogP contribution is -2.54. The molecule has 1 saturated carbocycles. The fraction of sp³-hybridized carbons (Fsp3) is 1.00. The summed E-state index contributed by atoms with van der Waals surface area (Å²) in [6, 6.07) is 0.878. The number of hydrogen-bond donors (Lipinski definition) is 1. The topological polar surface area (TPSA) is 18.5 Å². The van der Waals surface area contributed by atoms with Crippen LogP contribution in [0.5, 0.6) is 0 Å². The smallest absolute Gasteiger partial charge is 0.0224 e. The first kappa shape index (κ1) is 15.8. The van der Waals surface area contributed by atoms with Crippen LogP contribution in [0.2, 0.25) is 0 Å². The van der Waals surface area contributed by atoms with Crippen LogP contribution in [0.1, 0.15) is 58.3 Å². The average Bonchev–Trinajstić information content (AvgIpc) is 2.96. The number of fused-ring (bicyclic) bond motifs is 1. The molecule has 0 aromatic rings. The number of hydrogen-bond acceptors (Lipinski definition) is 3. The highest BCUT2D eigenvalue weighted by Crippen LogP contribution is 2.37. The summed E-state index contributed by atoms with van der Waals surface area (Å²) in [5.74, 6) is 0. The maximum atomic E-state index is 3.74. The highest BCUT2D eigenvalue weighted by molar-refractivity contribution is 4.92. The van der Waals surface area contributed by atoms with Crippen molar-refractivity contribution in [1.29, 1.82) is 0 Å². The van der Waals surface area contributed by atoms with Gasteiger partial charge in [-0.25, -0.2) is 0 Å². The Morgan fingerprint density at radius 1 is 1.05 bits per heavy atom. The van der Waals surface area contributed by atoms with Crippen molar-refractivity contribution in [3.8, 4) is 0 Å². The zero-order valence-electron chi connectivity index (χ0n) is 14.1. The average molecular weight is 293 g/mol. The van der Waals surface area contributed by atoms with E-state index < -0.39 is 0 Å². The summed E-state index contributed by atoms with van der Waals surface area (Å²) >= 11 is 0. The first-order valence-electron chi connectivity index (χ1n) is 9.48. The Labute approximate surface area is 131 Å². The van der Waals surface area contributed by atoms with E-state index in [0.717, 1.165) is 6.04 Å². The van der Waals surface area contributed by atoms with E-state index in [1.54, 1.807) is 0 Å². The SMILES string of the molecule is CCCNCC1(CN2CCN3CCCC3C2)CCCCC1. The molecule has 0 amide bonds. The third-order valence-corrected chi connectivity index (χ3v) is 6.07. The largest absolute Gasteiger partial charge is 0.316 e. The maximum Gasteiger partial charge on any atom is 0.0224 e. The highest BCUT2D eigenvalue weighted by atomic mass is 15.3. The van der Waals surface area contributed by atoms with Gasteiger partial charge in [0.25, 0.3) is 0 Å². The molecule has 0 aromatic heterocycles. The van der Waals surface area contributed by atoms with Crippen molar-refractivity contribution in [2.24, 2.45) is 5.41 Å². The van der Waals surface area contributed by atoms with Crippen LogP contribution >= 0.6 is 0 Å². The first-order valence-corrected chi connectivity index (χ1v) is 9.48. The fourth-order valence-electron chi connectivity index (χ4n) is 4.90. The molecule has 3 nitrogen and oxygen atoms in total. The van der Waals surface area contributed by atoms with E-state index in [0.29, 0.717) is 5.41 Å². The number of rotatable bonds is 6. The molecule has 3 heteroatoms. The van der Waals surface area contributed by atoms with Gasteiger partial charge in [0.2, 0.25) is 0 Å². The molecule has 1 atom stereocenters. The molecule has 0 aromatic carbocycles. The monoisotopic (exact) mass is 293 g/mol. The zero-order valence-corrected chi connectivity index (χ0v) is 14.1. The minimum absolute atomic E-state index is 0.578. The van der Waals surface area contributed by atoms with Crippen LogP contribution in [0.15, 0.2) is 0 Å². The number of nitrogens with one attached hydrogen (secondary N) is 1. The van der Waals surface area contributed by atoms with Gasteiger partial charge in [0, 0.05) is 38.8 Å². The molecule has 0 bridgehead atoms. The van der Waals surface area contributed by atoms with Crippen molar-refractivity contribution >= 4 is 0 Å². The van der Waals surface area contributed by atoms with Crippen molar-refractivity contribution in [2.75, 3.05) is 45.8 Å². The normalized spacial score (nSPS) is 30.4. The predicted octanol–water partition coefficient (Wildman–Crippen LogP) is 2.72.